The van der Waals surface area contributed by atoms with Crippen LogP contribution < -0.4 is 4.74 Å². The number of hydrogen-bond acceptors (Lipinski definition) is 4. The van der Waals surface area contributed by atoms with Gasteiger partial charge in [-0.2, -0.15) is 0 Å². The third kappa shape index (κ3) is 2.73. The molecule has 5 heteroatoms. The first-order chi connectivity index (χ1) is 9.67. The number of halogens is 1. The van der Waals surface area contributed by atoms with Crippen molar-refractivity contribution in [3.05, 3.63) is 22.7 Å². The number of aromatic hydroxyl groups is 1. The highest BCUT2D eigenvalue weighted by Gasteiger charge is 2.30. The van der Waals surface area contributed by atoms with Crippen molar-refractivity contribution in [2.45, 2.75) is 25.4 Å². The Morgan fingerprint density at radius 3 is 3.00 bits per heavy atom. The first kappa shape index (κ1) is 14.0. The van der Waals surface area contributed by atoms with Crippen LogP contribution in [0.3, 0.4) is 0 Å². The lowest BCUT2D eigenvalue weighted by Crippen LogP contribution is -2.49. The molecule has 0 aliphatic carbocycles. The molecule has 2 aliphatic rings. The molecule has 2 aliphatic heterocycles. The molecule has 20 heavy (non-hydrogen) atoms. The Balaban J connectivity index is 1.70. The molecule has 1 N–H and O–H groups in total. The standard InChI is InChI=1S/C15H21ClN2O2/c1-20-14-8-11(7-13(16)15(14)19)9-17-5-6-18-4-2-3-12(18)10-17/h7-8,12,19H,2-6,9-10H2,1H3. The zero-order chi connectivity index (χ0) is 14.1. The van der Waals surface area contributed by atoms with Crippen LogP contribution in [-0.2, 0) is 6.54 Å². The van der Waals surface area contributed by atoms with Crippen LogP contribution in [0.5, 0.6) is 11.5 Å². The van der Waals surface area contributed by atoms with E-state index < -0.39 is 0 Å². The minimum Gasteiger partial charge on any atom is -0.503 e. The summed E-state index contributed by atoms with van der Waals surface area (Å²) in [6, 6.07) is 4.43. The normalized spacial score (nSPS) is 23.8. The van der Waals surface area contributed by atoms with Crippen LogP contribution in [0, 0.1) is 0 Å². The summed E-state index contributed by atoms with van der Waals surface area (Å²) in [5, 5.41) is 10.1. The predicted octanol–water partition coefficient (Wildman–Crippen LogP) is 2.33. The van der Waals surface area contributed by atoms with E-state index in [9.17, 15) is 5.11 Å². The van der Waals surface area contributed by atoms with E-state index >= 15 is 0 Å². The number of nitrogens with zero attached hydrogens (tertiary/aromatic N) is 2. The van der Waals surface area contributed by atoms with E-state index in [4.69, 9.17) is 16.3 Å². The number of hydrogen-bond donors (Lipinski definition) is 1. The molecule has 2 heterocycles. The first-order valence-corrected chi connectivity index (χ1v) is 7.57. The number of phenols is 1. The van der Waals surface area contributed by atoms with Crippen LogP contribution in [0.15, 0.2) is 12.1 Å². The predicted molar refractivity (Wildman–Crippen MR) is 79.5 cm³/mol. The van der Waals surface area contributed by atoms with Gasteiger partial charge in [0.2, 0.25) is 0 Å². The van der Waals surface area contributed by atoms with Gasteiger partial charge in [0.15, 0.2) is 11.5 Å². The molecular formula is C15H21ClN2O2. The maximum atomic E-state index is 9.77. The van der Waals surface area contributed by atoms with E-state index in [2.05, 4.69) is 9.80 Å². The molecule has 0 radical (unpaired) electrons. The van der Waals surface area contributed by atoms with E-state index in [-0.39, 0.29) is 5.75 Å². The number of ether oxygens (including phenoxy) is 1. The Morgan fingerprint density at radius 1 is 1.35 bits per heavy atom. The highest BCUT2D eigenvalue weighted by atomic mass is 35.5. The number of benzene rings is 1. The number of piperazine rings is 1. The van der Waals surface area contributed by atoms with Crippen LogP contribution >= 0.6 is 11.6 Å². The molecule has 1 aromatic carbocycles. The Labute approximate surface area is 124 Å². The van der Waals surface area contributed by atoms with Gasteiger partial charge in [-0.3, -0.25) is 9.80 Å². The highest BCUT2D eigenvalue weighted by Crippen LogP contribution is 2.35. The van der Waals surface area contributed by atoms with Crippen molar-refractivity contribution in [1.82, 2.24) is 9.80 Å². The zero-order valence-corrected chi connectivity index (χ0v) is 12.6. The van der Waals surface area contributed by atoms with Crippen LogP contribution in [0.1, 0.15) is 18.4 Å². The van der Waals surface area contributed by atoms with E-state index in [1.54, 1.807) is 7.11 Å². The lowest BCUT2D eigenvalue weighted by molar-refractivity contribution is 0.0993. The van der Waals surface area contributed by atoms with Gasteiger partial charge in [0, 0.05) is 32.2 Å². The van der Waals surface area contributed by atoms with Crippen LogP contribution in [-0.4, -0.2) is 54.2 Å². The molecule has 0 spiro atoms. The number of phenolic OH excluding ortho intramolecular Hbond substituents is 1. The van der Waals surface area contributed by atoms with Crippen molar-refractivity contribution in [2.24, 2.45) is 0 Å². The number of fused-ring (bicyclic) bond motifs is 1. The molecule has 2 saturated heterocycles. The van der Waals surface area contributed by atoms with Crippen LogP contribution in [0.25, 0.3) is 0 Å². The van der Waals surface area contributed by atoms with Crippen molar-refractivity contribution in [2.75, 3.05) is 33.3 Å². The third-order valence-corrected chi connectivity index (χ3v) is 4.67. The maximum absolute atomic E-state index is 9.77. The second-order valence-electron chi connectivity index (χ2n) is 5.70. The fraction of sp³-hybridized carbons (Fsp3) is 0.600. The average Bonchev–Trinajstić information content (AvgIpc) is 2.90. The lowest BCUT2D eigenvalue weighted by atomic mass is 10.1. The van der Waals surface area contributed by atoms with E-state index in [0.717, 1.165) is 37.8 Å². The minimum absolute atomic E-state index is 0.0264. The minimum atomic E-state index is 0.0264. The van der Waals surface area contributed by atoms with Gasteiger partial charge in [-0.15, -0.1) is 0 Å². The molecule has 1 unspecified atom stereocenters. The Bertz CT molecular complexity index is 495. The molecule has 3 rings (SSSR count). The Morgan fingerprint density at radius 2 is 2.20 bits per heavy atom. The summed E-state index contributed by atoms with van der Waals surface area (Å²) in [5.41, 5.74) is 1.09. The van der Waals surface area contributed by atoms with Crippen molar-refractivity contribution < 1.29 is 9.84 Å². The molecule has 110 valence electrons. The smallest absolute Gasteiger partial charge is 0.176 e. The summed E-state index contributed by atoms with van der Waals surface area (Å²) in [4.78, 5) is 5.06. The molecule has 0 aromatic heterocycles. The largest absolute Gasteiger partial charge is 0.503 e. The second kappa shape index (κ2) is 5.80. The molecule has 0 bridgehead atoms. The van der Waals surface area contributed by atoms with E-state index in [1.165, 1.54) is 19.4 Å². The van der Waals surface area contributed by atoms with E-state index in [0.29, 0.717) is 10.8 Å². The van der Waals surface area contributed by atoms with Gasteiger partial charge in [0.05, 0.1) is 12.1 Å². The van der Waals surface area contributed by atoms with Gasteiger partial charge >= 0.3 is 0 Å². The molecule has 4 nitrogen and oxygen atoms in total. The van der Waals surface area contributed by atoms with Crippen molar-refractivity contribution in [1.29, 1.82) is 0 Å². The monoisotopic (exact) mass is 296 g/mol. The maximum Gasteiger partial charge on any atom is 0.176 e. The summed E-state index contributed by atoms with van der Waals surface area (Å²) in [5.74, 6) is 0.477. The third-order valence-electron chi connectivity index (χ3n) is 4.39. The zero-order valence-electron chi connectivity index (χ0n) is 11.8. The molecular weight excluding hydrogens is 276 g/mol. The number of methoxy groups -OCH3 is 1. The quantitative estimate of drug-likeness (QED) is 0.929. The summed E-state index contributed by atoms with van der Waals surface area (Å²) >= 11 is 6.05. The number of rotatable bonds is 3. The van der Waals surface area contributed by atoms with Gasteiger partial charge in [-0.05, 0) is 37.1 Å². The van der Waals surface area contributed by atoms with Crippen molar-refractivity contribution >= 4 is 11.6 Å². The lowest BCUT2D eigenvalue weighted by Gasteiger charge is -2.37. The van der Waals surface area contributed by atoms with Gasteiger partial charge in [0.1, 0.15) is 0 Å². The SMILES string of the molecule is COc1cc(CN2CCN3CCCC3C2)cc(Cl)c1O. The molecule has 2 fully saturated rings. The fourth-order valence-electron chi connectivity index (χ4n) is 3.33. The summed E-state index contributed by atoms with van der Waals surface area (Å²) < 4.78 is 5.16. The summed E-state index contributed by atoms with van der Waals surface area (Å²) in [6.07, 6.45) is 2.65. The molecule has 0 amide bonds. The van der Waals surface area contributed by atoms with Crippen molar-refractivity contribution in [3.8, 4) is 11.5 Å². The molecule has 1 aromatic rings. The Hall–Kier alpha value is -0.970. The average molecular weight is 297 g/mol. The summed E-state index contributed by atoms with van der Waals surface area (Å²) in [6.45, 7) is 5.50. The van der Waals surface area contributed by atoms with Crippen LogP contribution in [0.4, 0.5) is 0 Å². The first-order valence-electron chi connectivity index (χ1n) is 7.19. The van der Waals surface area contributed by atoms with Gasteiger partial charge < -0.3 is 9.84 Å². The fourth-order valence-corrected chi connectivity index (χ4v) is 3.56. The van der Waals surface area contributed by atoms with Gasteiger partial charge in [-0.1, -0.05) is 11.6 Å². The van der Waals surface area contributed by atoms with Crippen molar-refractivity contribution in [3.63, 3.8) is 0 Å². The van der Waals surface area contributed by atoms with Crippen LogP contribution in [0.2, 0.25) is 5.02 Å². The van der Waals surface area contributed by atoms with Gasteiger partial charge in [-0.25, -0.2) is 0 Å². The Kier molecular flexibility index (Phi) is 4.06. The molecule has 1 atom stereocenters. The topological polar surface area (TPSA) is 35.9 Å². The van der Waals surface area contributed by atoms with Gasteiger partial charge in [0.25, 0.3) is 0 Å². The van der Waals surface area contributed by atoms with E-state index in [1.807, 2.05) is 12.1 Å². The highest BCUT2D eigenvalue weighted by molar-refractivity contribution is 6.32. The summed E-state index contributed by atoms with van der Waals surface area (Å²) in [7, 11) is 1.55. The molecule has 0 saturated carbocycles. The second-order valence-corrected chi connectivity index (χ2v) is 6.10.